The number of aromatic amines is 1. The summed E-state index contributed by atoms with van der Waals surface area (Å²) in [6.07, 6.45) is 3.36. The van der Waals surface area contributed by atoms with Gasteiger partial charge in [-0.05, 0) is 6.07 Å². The average molecular weight is 246 g/mol. The minimum atomic E-state index is -3.54. The van der Waals surface area contributed by atoms with Gasteiger partial charge >= 0.3 is 0 Å². The van der Waals surface area contributed by atoms with Gasteiger partial charge in [0.15, 0.2) is 0 Å². The molecule has 0 spiro atoms. The fraction of sp³-hybridized carbons (Fsp3) is 0.556. The molecule has 1 atom stereocenters. The Balaban J connectivity index is 2.00. The van der Waals surface area contributed by atoms with Crippen LogP contribution >= 0.6 is 0 Å². The van der Waals surface area contributed by atoms with Crippen LogP contribution in [-0.2, 0) is 14.8 Å². The van der Waals surface area contributed by atoms with Crippen molar-refractivity contribution in [3.8, 4) is 0 Å². The van der Waals surface area contributed by atoms with Crippen LogP contribution < -0.4 is 4.72 Å². The zero-order valence-electron chi connectivity index (χ0n) is 8.64. The van der Waals surface area contributed by atoms with E-state index in [0.717, 1.165) is 0 Å². The van der Waals surface area contributed by atoms with Crippen molar-refractivity contribution in [2.45, 2.75) is 16.9 Å². The van der Waals surface area contributed by atoms with Crippen LogP contribution in [0.4, 0.5) is 0 Å². The second-order valence-electron chi connectivity index (χ2n) is 3.90. The first kappa shape index (κ1) is 11.6. The van der Waals surface area contributed by atoms with Crippen molar-refractivity contribution in [2.75, 3.05) is 19.8 Å². The fourth-order valence-electron chi connectivity index (χ4n) is 1.52. The van der Waals surface area contributed by atoms with Crippen LogP contribution in [-0.4, -0.2) is 43.9 Å². The largest absolute Gasteiger partial charge is 0.386 e. The molecule has 1 aliphatic rings. The molecule has 3 N–H and O–H groups in total. The van der Waals surface area contributed by atoms with Crippen molar-refractivity contribution in [1.82, 2.24) is 9.71 Å². The van der Waals surface area contributed by atoms with Crippen LogP contribution in [0.25, 0.3) is 0 Å². The van der Waals surface area contributed by atoms with Crippen molar-refractivity contribution < 1.29 is 18.3 Å². The molecule has 90 valence electrons. The first-order valence-electron chi connectivity index (χ1n) is 4.94. The zero-order valence-corrected chi connectivity index (χ0v) is 9.46. The predicted molar refractivity (Wildman–Crippen MR) is 56.4 cm³/mol. The van der Waals surface area contributed by atoms with Gasteiger partial charge in [0.1, 0.15) is 5.60 Å². The monoisotopic (exact) mass is 246 g/mol. The summed E-state index contributed by atoms with van der Waals surface area (Å²) in [6.45, 7) is 0.603. The standard InChI is InChI=1S/C9H14N2O4S/c12-9(2-4-15-7-9)6-11-16(13,14)8-1-3-10-5-8/h1,3,5,10-12H,2,4,6-7H2. The summed E-state index contributed by atoms with van der Waals surface area (Å²) >= 11 is 0. The highest BCUT2D eigenvalue weighted by molar-refractivity contribution is 7.89. The number of aliphatic hydroxyl groups is 1. The van der Waals surface area contributed by atoms with Gasteiger partial charge < -0.3 is 14.8 Å². The van der Waals surface area contributed by atoms with E-state index < -0.39 is 15.6 Å². The zero-order chi connectivity index (χ0) is 11.6. The Morgan fingerprint density at radius 3 is 3.00 bits per heavy atom. The Kier molecular flexibility index (Phi) is 3.02. The third-order valence-corrected chi connectivity index (χ3v) is 3.95. The van der Waals surface area contributed by atoms with Crippen molar-refractivity contribution >= 4 is 10.0 Å². The van der Waals surface area contributed by atoms with E-state index in [4.69, 9.17) is 4.74 Å². The third kappa shape index (κ3) is 2.43. The number of rotatable bonds is 4. The van der Waals surface area contributed by atoms with E-state index in [2.05, 4.69) is 9.71 Å². The lowest BCUT2D eigenvalue weighted by Crippen LogP contribution is -2.43. The molecule has 0 bridgehead atoms. The van der Waals surface area contributed by atoms with Crippen LogP contribution in [0.15, 0.2) is 23.4 Å². The maximum absolute atomic E-state index is 11.7. The van der Waals surface area contributed by atoms with Gasteiger partial charge in [0, 0.05) is 32.0 Å². The first-order chi connectivity index (χ1) is 7.52. The summed E-state index contributed by atoms with van der Waals surface area (Å²) < 4.78 is 30.8. The maximum atomic E-state index is 11.7. The molecule has 6 nitrogen and oxygen atoms in total. The SMILES string of the molecule is O=S(=O)(NCC1(O)CCOC1)c1cc[nH]c1. The molecular formula is C9H14N2O4S. The van der Waals surface area contributed by atoms with Gasteiger partial charge in [-0.25, -0.2) is 13.1 Å². The Hall–Kier alpha value is -0.890. The highest BCUT2D eigenvalue weighted by Gasteiger charge is 2.33. The number of H-pyrrole nitrogens is 1. The van der Waals surface area contributed by atoms with Gasteiger partial charge in [0.05, 0.1) is 11.5 Å². The smallest absolute Gasteiger partial charge is 0.242 e. The predicted octanol–water partition coefficient (Wildman–Crippen LogP) is -0.556. The number of aromatic nitrogens is 1. The molecule has 7 heteroatoms. The molecule has 1 aromatic heterocycles. The molecule has 0 saturated carbocycles. The maximum Gasteiger partial charge on any atom is 0.242 e. The second kappa shape index (κ2) is 4.17. The molecule has 1 aromatic rings. The number of hydrogen-bond acceptors (Lipinski definition) is 4. The number of ether oxygens (including phenoxy) is 1. The molecule has 0 radical (unpaired) electrons. The van der Waals surface area contributed by atoms with Crippen LogP contribution in [0.3, 0.4) is 0 Å². The summed E-state index contributed by atoms with van der Waals surface area (Å²) in [5, 5.41) is 9.89. The summed E-state index contributed by atoms with van der Waals surface area (Å²) in [4.78, 5) is 2.83. The molecule has 0 aromatic carbocycles. The third-order valence-electron chi connectivity index (χ3n) is 2.55. The molecule has 1 fully saturated rings. The van der Waals surface area contributed by atoms with Crippen LogP contribution in [0.5, 0.6) is 0 Å². The Labute approximate surface area is 93.7 Å². The Bertz CT molecular complexity index is 434. The average Bonchev–Trinajstić information content (AvgIpc) is 2.86. The Morgan fingerprint density at radius 1 is 1.62 bits per heavy atom. The van der Waals surface area contributed by atoms with Gasteiger partial charge in [0.2, 0.25) is 10.0 Å². The molecule has 2 rings (SSSR count). The quantitative estimate of drug-likeness (QED) is 0.664. The molecule has 16 heavy (non-hydrogen) atoms. The lowest BCUT2D eigenvalue weighted by molar-refractivity contribution is 0.0314. The number of nitrogens with one attached hydrogen (secondary N) is 2. The minimum absolute atomic E-state index is 0.0273. The summed E-state index contributed by atoms with van der Waals surface area (Å²) in [7, 11) is -3.54. The van der Waals surface area contributed by atoms with E-state index in [1.807, 2.05) is 0 Å². The van der Waals surface area contributed by atoms with Crippen molar-refractivity contribution in [3.63, 3.8) is 0 Å². The van der Waals surface area contributed by atoms with Crippen molar-refractivity contribution in [3.05, 3.63) is 18.5 Å². The van der Waals surface area contributed by atoms with Crippen molar-refractivity contribution in [2.24, 2.45) is 0 Å². The van der Waals surface area contributed by atoms with E-state index >= 15 is 0 Å². The molecule has 1 saturated heterocycles. The summed E-state index contributed by atoms with van der Waals surface area (Å²) in [5.41, 5.74) is -1.08. The van der Waals surface area contributed by atoms with Crippen LogP contribution in [0.2, 0.25) is 0 Å². The summed E-state index contributed by atoms with van der Waals surface area (Å²) in [6, 6.07) is 1.46. The lowest BCUT2D eigenvalue weighted by Gasteiger charge is -2.20. The van der Waals surface area contributed by atoms with Gasteiger partial charge in [-0.3, -0.25) is 0 Å². The van der Waals surface area contributed by atoms with Crippen molar-refractivity contribution in [1.29, 1.82) is 0 Å². The van der Waals surface area contributed by atoms with Gasteiger partial charge in [0.25, 0.3) is 0 Å². The van der Waals surface area contributed by atoms with Gasteiger partial charge in [-0.2, -0.15) is 0 Å². The van der Waals surface area contributed by atoms with Gasteiger partial charge in [-0.15, -0.1) is 0 Å². The second-order valence-corrected chi connectivity index (χ2v) is 5.67. The van der Waals surface area contributed by atoms with E-state index in [-0.39, 0.29) is 18.0 Å². The topological polar surface area (TPSA) is 91.4 Å². The minimum Gasteiger partial charge on any atom is -0.386 e. The van der Waals surface area contributed by atoms with E-state index in [0.29, 0.717) is 13.0 Å². The lowest BCUT2D eigenvalue weighted by atomic mass is 10.1. The molecule has 1 unspecified atom stereocenters. The molecule has 0 amide bonds. The molecular weight excluding hydrogens is 232 g/mol. The van der Waals surface area contributed by atoms with Crippen LogP contribution in [0, 0.1) is 0 Å². The first-order valence-corrected chi connectivity index (χ1v) is 6.43. The molecule has 0 aliphatic carbocycles. The summed E-state index contributed by atoms with van der Waals surface area (Å²) in [5.74, 6) is 0. The van der Waals surface area contributed by atoms with E-state index in [1.54, 1.807) is 0 Å². The number of sulfonamides is 1. The molecule has 2 heterocycles. The van der Waals surface area contributed by atoms with Crippen LogP contribution in [0.1, 0.15) is 6.42 Å². The Morgan fingerprint density at radius 2 is 2.44 bits per heavy atom. The van der Waals surface area contributed by atoms with E-state index in [9.17, 15) is 13.5 Å². The fourth-order valence-corrected chi connectivity index (χ4v) is 2.62. The normalized spacial score (nSPS) is 26.1. The highest BCUT2D eigenvalue weighted by Crippen LogP contribution is 2.18. The molecule has 1 aliphatic heterocycles. The van der Waals surface area contributed by atoms with Gasteiger partial charge in [-0.1, -0.05) is 0 Å². The number of hydrogen-bond donors (Lipinski definition) is 3. The van der Waals surface area contributed by atoms with E-state index in [1.165, 1.54) is 18.5 Å². The highest BCUT2D eigenvalue weighted by atomic mass is 32.2.